The number of rotatable bonds is 0. The molecule has 0 bridgehead atoms. The van der Waals surface area contributed by atoms with Crippen LogP contribution in [-0.2, 0) is 16.2 Å². The van der Waals surface area contributed by atoms with Gasteiger partial charge in [0, 0.05) is 23.6 Å². The fourth-order valence-corrected chi connectivity index (χ4v) is 4.66. The fourth-order valence-electron chi connectivity index (χ4n) is 4.66. The van der Waals surface area contributed by atoms with E-state index in [1.54, 1.807) is 0 Å². The zero-order valence-electron chi connectivity index (χ0n) is 19.1. The Hall–Kier alpha value is -2.59. The zero-order valence-corrected chi connectivity index (χ0v) is 19.1. The summed E-state index contributed by atoms with van der Waals surface area (Å²) in [5.74, 6) is 0.958. The van der Waals surface area contributed by atoms with Gasteiger partial charge in [-0.3, -0.25) is 4.79 Å². The molecule has 0 saturated carbocycles. The third kappa shape index (κ3) is 3.33. The Balaban J connectivity index is 2.04. The normalized spacial score (nSPS) is 19.4. The van der Waals surface area contributed by atoms with Crippen LogP contribution in [-0.4, -0.2) is 24.1 Å². The lowest BCUT2D eigenvalue weighted by atomic mass is 9.77. The molecule has 0 aliphatic carbocycles. The maximum Gasteiger partial charge on any atom is 0.232 e. The van der Waals surface area contributed by atoms with Crippen molar-refractivity contribution in [2.45, 2.75) is 54.1 Å². The van der Waals surface area contributed by atoms with Crippen molar-refractivity contribution in [1.29, 1.82) is 0 Å². The van der Waals surface area contributed by atoms with Crippen LogP contribution in [0.1, 0.15) is 58.2 Å². The first kappa shape index (κ1) is 20.7. The van der Waals surface area contributed by atoms with Gasteiger partial charge >= 0.3 is 0 Å². The van der Waals surface area contributed by atoms with Gasteiger partial charge in [-0.2, -0.15) is 0 Å². The van der Waals surface area contributed by atoms with E-state index in [-0.39, 0.29) is 17.4 Å². The van der Waals surface area contributed by atoms with E-state index in [1.165, 1.54) is 5.57 Å². The van der Waals surface area contributed by atoms with E-state index >= 15 is 0 Å². The van der Waals surface area contributed by atoms with Crippen molar-refractivity contribution in [3.8, 4) is 0 Å². The number of benzene rings is 2. The topological polar surface area (TPSA) is 32.8 Å². The first-order valence-corrected chi connectivity index (χ1v) is 10.6. The lowest BCUT2D eigenvalue weighted by Gasteiger charge is -2.35. The Morgan fingerprint density at radius 1 is 0.933 bits per heavy atom. The minimum absolute atomic E-state index is 0.0198. The molecule has 2 aromatic rings. The van der Waals surface area contributed by atoms with Crippen molar-refractivity contribution < 1.29 is 9.63 Å². The molecule has 2 aliphatic rings. The molecule has 4 rings (SSSR count). The second kappa shape index (κ2) is 6.98. The van der Waals surface area contributed by atoms with Gasteiger partial charge in [-0.25, -0.2) is 0 Å². The standard InChI is InChI=1S/C26H32N2O2/c1-25(2,3)23-21-18-13-9-8-12-17(18)16-28(24(29)26(4,5)6)20-15-11-10-14-19(20)22(21)30-27(23)7/h8-15,23H,16H2,1-7H3. The van der Waals surface area contributed by atoms with Crippen LogP contribution in [0.25, 0.3) is 11.3 Å². The quantitative estimate of drug-likeness (QED) is 0.561. The third-order valence-electron chi connectivity index (χ3n) is 5.90. The van der Waals surface area contributed by atoms with Crippen molar-refractivity contribution in [3.05, 3.63) is 65.2 Å². The number of carbonyl (C=O) groups is 1. The van der Waals surface area contributed by atoms with Gasteiger partial charge in [0.05, 0.1) is 18.3 Å². The molecule has 0 fully saturated rings. The third-order valence-corrected chi connectivity index (χ3v) is 5.90. The number of nitrogens with zero attached hydrogens (tertiary/aromatic N) is 2. The minimum Gasteiger partial charge on any atom is -0.405 e. The lowest BCUT2D eigenvalue weighted by molar-refractivity contribution is -0.125. The number of likely N-dealkylation sites (N-methyl/N-ethyl adjacent to an activating group) is 1. The van der Waals surface area contributed by atoms with Gasteiger partial charge < -0.3 is 9.74 Å². The van der Waals surface area contributed by atoms with Crippen LogP contribution in [0.5, 0.6) is 0 Å². The number of hydrogen-bond donors (Lipinski definition) is 0. The highest BCUT2D eigenvalue weighted by molar-refractivity contribution is 6.03. The summed E-state index contributed by atoms with van der Waals surface area (Å²) in [7, 11) is 2.00. The largest absolute Gasteiger partial charge is 0.405 e. The summed E-state index contributed by atoms with van der Waals surface area (Å²) in [4.78, 5) is 21.8. The van der Waals surface area contributed by atoms with E-state index in [0.717, 1.165) is 28.1 Å². The molecule has 2 aromatic carbocycles. The van der Waals surface area contributed by atoms with Crippen LogP contribution in [0.2, 0.25) is 0 Å². The Kier molecular flexibility index (Phi) is 4.81. The molecule has 0 N–H and O–H groups in total. The number of fused-ring (bicyclic) bond motifs is 4. The Morgan fingerprint density at radius 3 is 2.17 bits per heavy atom. The number of amides is 1. The number of hydrogen-bond acceptors (Lipinski definition) is 3. The Bertz CT molecular complexity index is 1020. The summed E-state index contributed by atoms with van der Waals surface area (Å²) in [5, 5.41) is 1.97. The van der Waals surface area contributed by atoms with Crippen molar-refractivity contribution in [2.24, 2.45) is 10.8 Å². The summed E-state index contributed by atoms with van der Waals surface area (Å²) in [6.07, 6.45) is 0. The fraction of sp³-hybridized carbons (Fsp3) is 0.423. The average Bonchev–Trinajstić information content (AvgIpc) is 3.01. The van der Waals surface area contributed by atoms with E-state index in [9.17, 15) is 4.79 Å². The maximum absolute atomic E-state index is 13.5. The summed E-state index contributed by atoms with van der Waals surface area (Å²) in [6, 6.07) is 16.6. The number of hydroxylamine groups is 2. The molecule has 158 valence electrons. The molecule has 1 atom stereocenters. The van der Waals surface area contributed by atoms with Crippen molar-refractivity contribution in [3.63, 3.8) is 0 Å². The second-order valence-corrected chi connectivity index (χ2v) is 10.5. The lowest BCUT2D eigenvalue weighted by Crippen LogP contribution is -2.40. The van der Waals surface area contributed by atoms with Crippen molar-refractivity contribution >= 4 is 22.9 Å². The van der Waals surface area contributed by atoms with Crippen molar-refractivity contribution in [1.82, 2.24) is 5.06 Å². The van der Waals surface area contributed by atoms with Gasteiger partial charge in [-0.1, -0.05) is 77.9 Å². The highest BCUT2D eigenvalue weighted by Crippen LogP contribution is 2.49. The van der Waals surface area contributed by atoms with E-state index in [4.69, 9.17) is 4.84 Å². The number of anilines is 1. The van der Waals surface area contributed by atoms with Crippen molar-refractivity contribution in [2.75, 3.05) is 11.9 Å². The highest BCUT2D eigenvalue weighted by atomic mass is 16.7. The van der Waals surface area contributed by atoms with E-state index in [0.29, 0.717) is 6.54 Å². The van der Waals surface area contributed by atoms with Gasteiger partial charge in [0.15, 0.2) is 5.76 Å². The first-order chi connectivity index (χ1) is 14.0. The SMILES string of the molecule is CN1OC2=C(c3ccccc3CN(C(=O)C(C)(C)C)c3ccccc32)C1C(C)(C)C. The summed E-state index contributed by atoms with van der Waals surface area (Å²) < 4.78 is 0. The molecule has 4 heteroatoms. The Labute approximate surface area is 180 Å². The van der Waals surface area contributed by atoms with E-state index in [2.05, 4.69) is 51.1 Å². The molecule has 2 heterocycles. The number of para-hydroxylation sites is 1. The van der Waals surface area contributed by atoms with Gasteiger partial charge in [0.2, 0.25) is 5.91 Å². The molecule has 2 aliphatic heterocycles. The molecule has 1 amide bonds. The molecule has 30 heavy (non-hydrogen) atoms. The second-order valence-electron chi connectivity index (χ2n) is 10.5. The average molecular weight is 405 g/mol. The van der Waals surface area contributed by atoms with Crippen LogP contribution >= 0.6 is 0 Å². The minimum atomic E-state index is -0.486. The van der Waals surface area contributed by atoms with Crippen LogP contribution in [0.15, 0.2) is 48.5 Å². The molecule has 0 aromatic heterocycles. The van der Waals surface area contributed by atoms with Crippen LogP contribution in [0.3, 0.4) is 0 Å². The molecule has 0 radical (unpaired) electrons. The van der Waals surface area contributed by atoms with Gasteiger partial charge in [-0.05, 0) is 28.7 Å². The predicted molar refractivity (Wildman–Crippen MR) is 122 cm³/mol. The smallest absolute Gasteiger partial charge is 0.232 e. The number of carbonyl (C=O) groups excluding carboxylic acids is 1. The molecule has 0 saturated heterocycles. The monoisotopic (exact) mass is 404 g/mol. The Morgan fingerprint density at radius 2 is 1.53 bits per heavy atom. The summed E-state index contributed by atoms with van der Waals surface area (Å²) in [5.41, 5.74) is 4.88. The van der Waals surface area contributed by atoms with E-state index in [1.807, 2.05) is 56.0 Å². The summed E-state index contributed by atoms with van der Waals surface area (Å²) in [6.45, 7) is 13.2. The zero-order chi connectivity index (χ0) is 21.8. The van der Waals surface area contributed by atoms with Gasteiger partial charge in [0.1, 0.15) is 0 Å². The molecular weight excluding hydrogens is 372 g/mol. The highest BCUT2D eigenvalue weighted by Gasteiger charge is 2.44. The van der Waals surface area contributed by atoms with Crippen LogP contribution < -0.4 is 4.90 Å². The van der Waals surface area contributed by atoms with Gasteiger partial charge in [-0.15, -0.1) is 5.06 Å². The summed E-state index contributed by atoms with van der Waals surface area (Å²) >= 11 is 0. The predicted octanol–water partition coefficient (Wildman–Crippen LogP) is 5.74. The molecule has 4 nitrogen and oxygen atoms in total. The molecule has 0 spiro atoms. The maximum atomic E-state index is 13.5. The van der Waals surface area contributed by atoms with Crippen LogP contribution in [0, 0.1) is 10.8 Å². The first-order valence-electron chi connectivity index (χ1n) is 10.6. The van der Waals surface area contributed by atoms with E-state index < -0.39 is 5.41 Å². The molecule has 1 unspecified atom stereocenters. The van der Waals surface area contributed by atoms with Gasteiger partial charge in [0.25, 0.3) is 0 Å². The van der Waals surface area contributed by atoms with Crippen LogP contribution in [0.4, 0.5) is 5.69 Å². The molecular formula is C26H32N2O2.